The minimum absolute atomic E-state index is 0.310. The summed E-state index contributed by atoms with van der Waals surface area (Å²) in [5, 5.41) is 11.1. The number of carboxylic acid groups (broad SMARTS) is 1. The third kappa shape index (κ3) is 3.15. The largest absolute Gasteiger partial charge is 0.480 e. The van der Waals surface area contributed by atoms with Crippen LogP contribution in [-0.4, -0.2) is 28.9 Å². The van der Waals surface area contributed by atoms with Crippen LogP contribution in [0.1, 0.15) is 32.6 Å². The molecule has 1 amide bonds. The minimum atomic E-state index is -2.76. The SMILES string of the molecule is CCCC(NC(=O)C1CC(F)(F)C1)C(=O)O. The van der Waals surface area contributed by atoms with Gasteiger partial charge in [0, 0.05) is 18.8 Å². The summed E-state index contributed by atoms with van der Waals surface area (Å²) >= 11 is 0. The molecule has 0 spiro atoms. The average Bonchev–Trinajstić information content (AvgIpc) is 2.12. The number of rotatable bonds is 5. The molecule has 0 radical (unpaired) electrons. The number of hydrogen-bond acceptors (Lipinski definition) is 2. The number of halogens is 2. The van der Waals surface area contributed by atoms with E-state index >= 15 is 0 Å². The van der Waals surface area contributed by atoms with Crippen molar-refractivity contribution >= 4 is 11.9 Å². The Kier molecular flexibility index (Phi) is 3.83. The fourth-order valence-electron chi connectivity index (χ4n) is 1.68. The topological polar surface area (TPSA) is 66.4 Å². The van der Waals surface area contributed by atoms with E-state index in [1.165, 1.54) is 0 Å². The number of aliphatic carboxylic acids is 1. The molecule has 6 heteroatoms. The van der Waals surface area contributed by atoms with E-state index in [9.17, 15) is 18.4 Å². The van der Waals surface area contributed by atoms with E-state index in [4.69, 9.17) is 5.11 Å². The highest BCUT2D eigenvalue weighted by atomic mass is 19.3. The van der Waals surface area contributed by atoms with E-state index in [1.54, 1.807) is 6.92 Å². The van der Waals surface area contributed by atoms with Gasteiger partial charge in [-0.1, -0.05) is 13.3 Å². The first-order chi connectivity index (χ1) is 7.35. The average molecular weight is 235 g/mol. The van der Waals surface area contributed by atoms with E-state index in [-0.39, 0.29) is 0 Å². The summed E-state index contributed by atoms with van der Waals surface area (Å²) in [6.07, 6.45) is -0.0309. The molecule has 1 unspecified atom stereocenters. The van der Waals surface area contributed by atoms with Crippen molar-refractivity contribution in [2.45, 2.75) is 44.6 Å². The van der Waals surface area contributed by atoms with Gasteiger partial charge in [0.1, 0.15) is 6.04 Å². The molecule has 0 aromatic carbocycles. The van der Waals surface area contributed by atoms with Gasteiger partial charge in [0.05, 0.1) is 0 Å². The Balaban J connectivity index is 2.41. The summed E-state index contributed by atoms with van der Waals surface area (Å²) in [6.45, 7) is 1.79. The zero-order chi connectivity index (χ0) is 12.3. The summed E-state index contributed by atoms with van der Waals surface area (Å²) in [7, 11) is 0. The number of alkyl halides is 2. The molecule has 1 fully saturated rings. The van der Waals surface area contributed by atoms with E-state index in [0.29, 0.717) is 12.8 Å². The van der Waals surface area contributed by atoms with Crippen LogP contribution in [0.25, 0.3) is 0 Å². The zero-order valence-corrected chi connectivity index (χ0v) is 9.00. The molecule has 1 saturated carbocycles. The number of carbonyl (C=O) groups excluding carboxylic acids is 1. The van der Waals surface area contributed by atoms with Gasteiger partial charge in [0.25, 0.3) is 0 Å². The lowest BCUT2D eigenvalue weighted by molar-refractivity contribution is -0.153. The van der Waals surface area contributed by atoms with Gasteiger partial charge in [0.2, 0.25) is 11.8 Å². The van der Waals surface area contributed by atoms with Gasteiger partial charge < -0.3 is 10.4 Å². The summed E-state index contributed by atoms with van der Waals surface area (Å²) in [5.41, 5.74) is 0. The van der Waals surface area contributed by atoms with Crippen LogP contribution >= 0.6 is 0 Å². The molecule has 1 aliphatic carbocycles. The summed E-state index contributed by atoms with van der Waals surface area (Å²) in [4.78, 5) is 22.1. The van der Waals surface area contributed by atoms with Crippen LogP contribution in [0.15, 0.2) is 0 Å². The van der Waals surface area contributed by atoms with Crippen molar-refractivity contribution in [1.82, 2.24) is 5.32 Å². The van der Waals surface area contributed by atoms with Crippen molar-refractivity contribution in [2.24, 2.45) is 5.92 Å². The highest BCUT2D eigenvalue weighted by Crippen LogP contribution is 2.42. The maximum absolute atomic E-state index is 12.5. The Bertz CT molecular complexity index is 286. The third-order valence-electron chi connectivity index (χ3n) is 2.65. The Morgan fingerprint density at radius 1 is 1.50 bits per heavy atom. The molecule has 1 aliphatic rings. The smallest absolute Gasteiger partial charge is 0.326 e. The lowest BCUT2D eigenvalue weighted by Crippen LogP contribution is -2.49. The fourth-order valence-corrected chi connectivity index (χ4v) is 1.68. The molecule has 1 atom stereocenters. The van der Waals surface area contributed by atoms with Gasteiger partial charge in [-0.15, -0.1) is 0 Å². The molecule has 2 N–H and O–H groups in total. The van der Waals surface area contributed by atoms with Crippen molar-refractivity contribution in [3.63, 3.8) is 0 Å². The standard InChI is InChI=1S/C10H15F2NO3/c1-2-3-7(9(15)16)13-8(14)6-4-10(11,12)5-6/h6-7H,2-5H2,1H3,(H,13,14)(H,15,16). The molecule has 0 bridgehead atoms. The lowest BCUT2D eigenvalue weighted by Gasteiger charge is -2.34. The zero-order valence-electron chi connectivity index (χ0n) is 9.00. The second kappa shape index (κ2) is 4.76. The fraction of sp³-hybridized carbons (Fsp3) is 0.800. The normalized spacial score (nSPS) is 20.9. The number of carbonyl (C=O) groups is 2. The van der Waals surface area contributed by atoms with E-state index in [2.05, 4.69) is 5.32 Å². The van der Waals surface area contributed by atoms with E-state index < -0.39 is 42.6 Å². The minimum Gasteiger partial charge on any atom is -0.480 e. The van der Waals surface area contributed by atoms with E-state index in [0.717, 1.165) is 0 Å². The van der Waals surface area contributed by atoms with Crippen molar-refractivity contribution in [1.29, 1.82) is 0 Å². The molecule has 0 aromatic heterocycles. The van der Waals surface area contributed by atoms with Crippen LogP contribution in [-0.2, 0) is 9.59 Å². The van der Waals surface area contributed by atoms with Crippen molar-refractivity contribution in [2.75, 3.05) is 0 Å². The molecular formula is C10H15F2NO3. The Morgan fingerprint density at radius 3 is 2.44 bits per heavy atom. The second-order valence-electron chi connectivity index (χ2n) is 4.15. The van der Waals surface area contributed by atoms with Crippen LogP contribution < -0.4 is 5.32 Å². The predicted octanol–water partition coefficient (Wildman–Crippen LogP) is 1.40. The summed E-state index contributed by atoms with van der Waals surface area (Å²) < 4.78 is 25.0. The summed E-state index contributed by atoms with van der Waals surface area (Å²) in [6, 6.07) is -0.966. The Hall–Kier alpha value is -1.20. The first kappa shape index (κ1) is 12.9. The van der Waals surface area contributed by atoms with Gasteiger partial charge in [-0.2, -0.15) is 0 Å². The van der Waals surface area contributed by atoms with E-state index in [1.807, 2.05) is 0 Å². The number of hydrogen-bond donors (Lipinski definition) is 2. The molecule has 0 heterocycles. The van der Waals surface area contributed by atoms with Crippen LogP contribution in [0.5, 0.6) is 0 Å². The molecule has 4 nitrogen and oxygen atoms in total. The van der Waals surface area contributed by atoms with Crippen LogP contribution in [0.2, 0.25) is 0 Å². The van der Waals surface area contributed by atoms with Gasteiger partial charge >= 0.3 is 5.97 Å². The Labute approximate surface area is 92.0 Å². The molecule has 1 rings (SSSR count). The maximum atomic E-state index is 12.5. The monoisotopic (exact) mass is 235 g/mol. The first-order valence-corrected chi connectivity index (χ1v) is 5.26. The number of carboxylic acids is 1. The number of amides is 1. The molecule has 0 saturated heterocycles. The highest BCUT2D eigenvalue weighted by molar-refractivity contribution is 5.85. The van der Waals surface area contributed by atoms with Gasteiger partial charge in [-0.25, -0.2) is 13.6 Å². The van der Waals surface area contributed by atoms with Crippen LogP contribution in [0.3, 0.4) is 0 Å². The highest BCUT2D eigenvalue weighted by Gasteiger charge is 2.49. The van der Waals surface area contributed by atoms with Crippen molar-refractivity contribution < 1.29 is 23.5 Å². The molecule has 0 aromatic rings. The van der Waals surface area contributed by atoms with Crippen LogP contribution in [0, 0.1) is 5.92 Å². The Morgan fingerprint density at radius 2 is 2.06 bits per heavy atom. The molecular weight excluding hydrogens is 220 g/mol. The molecule has 92 valence electrons. The quantitative estimate of drug-likeness (QED) is 0.757. The maximum Gasteiger partial charge on any atom is 0.326 e. The van der Waals surface area contributed by atoms with Gasteiger partial charge in [-0.05, 0) is 6.42 Å². The van der Waals surface area contributed by atoms with Gasteiger partial charge in [0.15, 0.2) is 0 Å². The lowest BCUT2D eigenvalue weighted by atomic mass is 9.80. The first-order valence-electron chi connectivity index (χ1n) is 5.26. The number of nitrogens with one attached hydrogen (secondary N) is 1. The molecule has 16 heavy (non-hydrogen) atoms. The predicted molar refractivity (Wildman–Crippen MR) is 52.1 cm³/mol. The summed E-state index contributed by atoms with van der Waals surface area (Å²) in [5.74, 6) is -5.20. The second-order valence-corrected chi connectivity index (χ2v) is 4.15. The van der Waals surface area contributed by atoms with Crippen molar-refractivity contribution in [3.8, 4) is 0 Å². The van der Waals surface area contributed by atoms with Crippen LogP contribution in [0.4, 0.5) is 8.78 Å². The van der Waals surface area contributed by atoms with Gasteiger partial charge in [-0.3, -0.25) is 4.79 Å². The van der Waals surface area contributed by atoms with Crippen molar-refractivity contribution in [3.05, 3.63) is 0 Å². The third-order valence-corrected chi connectivity index (χ3v) is 2.65. The molecule has 0 aliphatic heterocycles.